The first-order chi connectivity index (χ1) is 12.2. The molecule has 0 bridgehead atoms. The highest BCUT2D eigenvalue weighted by molar-refractivity contribution is 5.80. The Hall–Kier alpha value is -1.83. The van der Waals surface area contributed by atoms with E-state index in [4.69, 9.17) is 5.11 Å². The van der Waals surface area contributed by atoms with Gasteiger partial charge in [0.05, 0.1) is 0 Å². The number of unbranched alkanes of at least 4 members (excludes halogenated alkanes) is 1. The molecular formula is C23H32O2. The van der Waals surface area contributed by atoms with Crippen molar-refractivity contribution in [3.63, 3.8) is 0 Å². The van der Waals surface area contributed by atoms with Gasteiger partial charge in [-0.3, -0.25) is 0 Å². The highest BCUT2D eigenvalue weighted by atomic mass is 16.4. The molecule has 2 nitrogen and oxygen atoms in total. The molecule has 0 unspecified atom stereocenters. The average molecular weight is 341 g/mol. The first kappa shape index (κ1) is 19.5. The van der Waals surface area contributed by atoms with Crippen molar-refractivity contribution >= 4 is 5.97 Å². The smallest absolute Gasteiger partial charge is 0.328 e. The molecule has 1 N–H and O–H groups in total. The monoisotopic (exact) mass is 340 g/mol. The molecule has 0 spiro atoms. The van der Waals surface area contributed by atoms with E-state index in [1.54, 1.807) is 6.08 Å². The number of carboxylic acid groups (broad SMARTS) is 1. The van der Waals surface area contributed by atoms with Gasteiger partial charge in [-0.2, -0.15) is 0 Å². The van der Waals surface area contributed by atoms with Crippen LogP contribution in [0.2, 0.25) is 0 Å². The summed E-state index contributed by atoms with van der Waals surface area (Å²) in [5.41, 5.74) is 2.93. The lowest BCUT2D eigenvalue weighted by molar-refractivity contribution is -0.131. The summed E-state index contributed by atoms with van der Waals surface area (Å²) in [6.45, 7) is 2.30. The number of benzene rings is 1. The number of hydrogen-bond donors (Lipinski definition) is 1. The minimum absolute atomic E-state index is 0.770. The summed E-state index contributed by atoms with van der Waals surface area (Å²) in [5, 5.41) is 8.50. The predicted molar refractivity (Wildman–Crippen MR) is 105 cm³/mol. The Bertz CT molecular complexity index is 560. The number of hydrogen-bond acceptors (Lipinski definition) is 1. The van der Waals surface area contributed by atoms with Crippen LogP contribution >= 0.6 is 0 Å². The van der Waals surface area contributed by atoms with E-state index in [0.29, 0.717) is 0 Å². The van der Waals surface area contributed by atoms with E-state index in [1.807, 2.05) is 12.2 Å². The molecule has 136 valence electrons. The predicted octanol–water partition coefficient (Wildman–Crippen LogP) is 6.28. The molecule has 1 saturated carbocycles. The number of allylic oxidation sites excluding steroid dienone is 3. The Labute approximate surface area is 152 Å². The van der Waals surface area contributed by atoms with Gasteiger partial charge in [0, 0.05) is 6.08 Å². The Morgan fingerprint density at radius 2 is 1.84 bits per heavy atom. The van der Waals surface area contributed by atoms with E-state index in [9.17, 15) is 4.79 Å². The van der Waals surface area contributed by atoms with Crippen LogP contribution in [0, 0.1) is 5.92 Å². The Kier molecular flexibility index (Phi) is 8.51. The quantitative estimate of drug-likeness (QED) is 0.326. The first-order valence-electron chi connectivity index (χ1n) is 9.84. The fourth-order valence-electron chi connectivity index (χ4n) is 3.89. The summed E-state index contributed by atoms with van der Waals surface area (Å²) in [6, 6.07) is 9.26. The largest absolute Gasteiger partial charge is 0.478 e. The van der Waals surface area contributed by atoms with Crippen LogP contribution in [0.15, 0.2) is 48.6 Å². The third kappa shape index (κ3) is 7.29. The van der Waals surface area contributed by atoms with Crippen molar-refractivity contribution in [3.8, 4) is 0 Å². The molecule has 2 rings (SSSR count). The maximum absolute atomic E-state index is 10.3. The standard InChI is InChI=1S/C23H32O2/c1-2-8-19-11-15-21(16-12-19)22-17-13-20(14-18-22)9-6-4-3-5-7-10-23(24)25/h3,5,7,10,13-14,17-19,21H,2,4,6,8-9,11-12,15-16H2,1H3,(H,24,25)/b5-3+,10-7+/t19-,21-. The third-order valence-electron chi connectivity index (χ3n) is 5.32. The topological polar surface area (TPSA) is 37.3 Å². The van der Waals surface area contributed by atoms with Crippen LogP contribution in [0.5, 0.6) is 0 Å². The lowest BCUT2D eigenvalue weighted by Gasteiger charge is -2.28. The zero-order valence-electron chi connectivity index (χ0n) is 15.5. The molecule has 1 aromatic carbocycles. The second-order valence-corrected chi connectivity index (χ2v) is 7.27. The van der Waals surface area contributed by atoms with Crippen LogP contribution in [-0.2, 0) is 11.2 Å². The minimum Gasteiger partial charge on any atom is -0.478 e. The molecule has 1 aromatic rings. The van der Waals surface area contributed by atoms with E-state index in [2.05, 4.69) is 31.2 Å². The van der Waals surface area contributed by atoms with Gasteiger partial charge in [-0.05, 0) is 67.9 Å². The van der Waals surface area contributed by atoms with Gasteiger partial charge in [-0.1, -0.05) is 62.3 Å². The number of carbonyl (C=O) groups is 1. The second-order valence-electron chi connectivity index (χ2n) is 7.27. The summed E-state index contributed by atoms with van der Waals surface area (Å²) in [7, 11) is 0. The Morgan fingerprint density at radius 3 is 2.48 bits per heavy atom. The van der Waals surface area contributed by atoms with Crippen molar-refractivity contribution in [2.24, 2.45) is 5.92 Å². The van der Waals surface area contributed by atoms with E-state index < -0.39 is 5.97 Å². The van der Waals surface area contributed by atoms with Gasteiger partial charge < -0.3 is 5.11 Å². The van der Waals surface area contributed by atoms with Gasteiger partial charge in [0.1, 0.15) is 0 Å². The summed E-state index contributed by atoms with van der Waals surface area (Å²) < 4.78 is 0. The first-order valence-corrected chi connectivity index (χ1v) is 9.84. The molecule has 0 atom stereocenters. The van der Waals surface area contributed by atoms with Crippen LogP contribution in [-0.4, -0.2) is 11.1 Å². The maximum atomic E-state index is 10.3. The number of rotatable bonds is 9. The van der Waals surface area contributed by atoms with Crippen molar-refractivity contribution in [3.05, 3.63) is 59.7 Å². The van der Waals surface area contributed by atoms with Crippen LogP contribution in [0.3, 0.4) is 0 Å². The van der Waals surface area contributed by atoms with Crippen molar-refractivity contribution in [2.75, 3.05) is 0 Å². The van der Waals surface area contributed by atoms with Crippen LogP contribution in [0.1, 0.15) is 75.3 Å². The average Bonchev–Trinajstić information content (AvgIpc) is 2.62. The Morgan fingerprint density at radius 1 is 1.12 bits per heavy atom. The maximum Gasteiger partial charge on any atom is 0.328 e. The molecular weight excluding hydrogens is 308 g/mol. The number of aliphatic carboxylic acids is 1. The summed E-state index contributed by atoms with van der Waals surface area (Å²) in [4.78, 5) is 10.3. The van der Waals surface area contributed by atoms with Crippen molar-refractivity contribution in [2.45, 2.75) is 70.6 Å². The fraction of sp³-hybridized carbons (Fsp3) is 0.522. The third-order valence-corrected chi connectivity index (χ3v) is 5.32. The van der Waals surface area contributed by atoms with E-state index >= 15 is 0 Å². The lowest BCUT2D eigenvalue weighted by Crippen LogP contribution is -2.13. The normalized spacial score (nSPS) is 21.2. The van der Waals surface area contributed by atoms with E-state index in [0.717, 1.165) is 37.2 Å². The van der Waals surface area contributed by atoms with Crippen LogP contribution in [0.4, 0.5) is 0 Å². The molecule has 0 aliphatic heterocycles. The zero-order valence-corrected chi connectivity index (χ0v) is 15.5. The SMILES string of the molecule is CCC[C@H]1CC[C@H](c2ccc(CCC/C=C/C=C/C(=O)O)cc2)CC1. The second kappa shape index (κ2) is 10.9. The minimum atomic E-state index is -0.899. The fourth-order valence-corrected chi connectivity index (χ4v) is 3.89. The molecule has 1 aliphatic rings. The van der Waals surface area contributed by atoms with Gasteiger partial charge in [0.2, 0.25) is 0 Å². The molecule has 25 heavy (non-hydrogen) atoms. The molecule has 0 amide bonds. The number of carboxylic acids is 1. The molecule has 1 fully saturated rings. The van der Waals surface area contributed by atoms with Gasteiger partial charge in [0.25, 0.3) is 0 Å². The van der Waals surface area contributed by atoms with Gasteiger partial charge >= 0.3 is 5.97 Å². The molecule has 0 heterocycles. The van der Waals surface area contributed by atoms with E-state index in [1.165, 1.54) is 49.7 Å². The van der Waals surface area contributed by atoms with Crippen molar-refractivity contribution in [1.82, 2.24) is 0 Å². The molecule has 0 aromatic heterocycles. The van der Waals surface area contributed by atoms with Gasteiger partial charge in [-0.15, -0.1) is 0 Å². The molecule has 1 aliphatic carbocycles. The van der Waals surface area contributed by atoms with Crippen molar-refractivity contribution in [1.29, 1.82) is 0 Å². The number of aryl methyl sites for hydroxylation is 1. The lowest BCUT2D eigenvalue weighted by atomic mass is 9.77. The highest BCUT2D eigenvalue weighted by Crippen LogP contribution is 2.37. The van der Waals surface area contributed by atoms with Gasteiger partial charge in [0.15, 0.2) is 0 Å². The van der Waals surface area contributed by atoms with E-state index in [-0.39, 0.29) is 0 Å². The van der Waals surface area contributed by atoms with Gasteiger partial charge in [-0.25, -0.2) is 4.79 Å². The zero-order chi connectivity index (χ0) is 17.9. The molecule has 0 saturated heterocycles. The summed E-state index contributed by atoms with van der Waals surface area (Å²) in [5.74, 6) is 0.841. The molecule has 0 radical (unpaired) electrons. The summed E-state index contributed by atoms with van der Waals surface area (Å²) in [6.07, 6.45) is 18.0. The molecule has 2 heteroatoms. The van der Waals surface area contributed by atoms with Crippen molar-refractivity contribution < 1.29 is 9.90 Å². The van der Waals surface area contributed by atoms with Crippen LogP contribution in [0.25, 0.3) is 0 Å². The summed E-state index contributed by atoms with van der Waals surface area (Å²) >= 11 is 0. The highest BCUT2D eigenvalue weighted by Gasteiger charge is 2.21. The Balaban J connectivity index is 1.70. The van der Waals surface area contributed by atoms with Crippen LogP contribution < -0.4 is 0 Å².